The van der Waals surface area contributed by atoms with Crippen molar-refractivity contribution in [2.45, 2.75) is 18.6 Å². The molecule has 0 saturated heterocycles. The van der Waals surface area contributed by atoms with Crippen LogP contribution in [0.25, 0.3) is 0 Å². The summed E-state index contributed by atoms with van der Waals surface area (Å²) in [4.78, 5) is 25.2. The standard InChI is InChI=1S/C11H13IN2O4/c1-5-6(4-15)9(16)2-8(5)14-3-7(12)10(17)13-11(14)18/h3,6,8-9,15-16H,1-2,4H2,(H,13,17,18)/t6-,8-,9-/m0/s1. The number of rotatable bonds is 2. The summed E-state index contributed by atoms with van der Waals surface area (Å²) in [5.74, 6) is -0.425. The number of hydrogen-bond acceptors (Lipinski definition) is 4. The van der Waals surface area contributed by atoms with Crippen molar-refractivity contribution in [3.63, 3.8) is 0 Å². The Morgan fingerprint density at radius 3 is 2.78 bits per heavy atom. The molecule has 3 atom stereocenters. The Bertz CT molecular complexity index is 591. The molecule has 2 rings (SSSR count). The van der Waals surface area contributed by atoms with E-state index >= 15 is 0 Å². The van der Waals surface area contributed by atoms with Gasteiger partial charge in [0.15, 0.2) is 0 Å². The molecular formula is C11H13IN2O4. The van der Waals surface area contributed by atoms with Gasteiger partial charge in [-0.1, -0.05) is 6.58 Å². The largest absolute Gasteiger partial charge is 0.396 e. The number of aliphatic hydroxyl groups is 2. The van der Waals surface area contributed by atoms with Crippen LogP contribution < -0.4 is 11.2 Å². The van der Waals surface area contributed by atoms with Crippen LogP contribution in [-0.2, 0) is 0 Å². The molecule has 1 heterocycles. The van der Waals surface area contributed by atoms with E-state index in [0.717, 1.165) is 0 Å². The second kappa shape index (κ2) is 4.98. The molecule has 0 spiro atoms. The van der Waals surface area contributed by atoms with E-state index in [2.05, 4.69) is 11.6 Å². The van der Waals surface area contributed by atoms with Crippen molar-refractivity contribution in [2.24, 2.45) is 5.92 Å². The number of aromatic nitrogens is 2. The lowest BCUT2D eigenvalue weighted by Gasteiger charge is -2.16. The smallest absolute Gasteiger partial charge is 0.328 e. The van der Waals surface area contributed by atoms with Gasteiger partial charge in [-0.3, -0.25) is 14.3 Å². The number of hydrogen-bond donors (Lipinski definition) is 3. The van der Waals surface area contributed by atoms with Gasteiger partial charge in [0, 0.05) is 12.1 Å². The Kier molecular flexibility index (Phi) is 3.74. The Balaban J connectivity index is 2.45. The first-order chi connectivity index (χ1) is 8.45. The number of H-pyrrole nitrogens is 1. The second-order valence-electron chi connectivity index (χ2n) is 4.33. The molecule has 0 amide bonds. The summed E-state index contributed by atoms with van der Waals surface area (Å²) >= 11 is 1.83. The summed E-state index contributed by atoms with van der Waals surface area (Å²) in [6.45, 7) is 3.63. The van der Waals surface area contributed by atoms with E-state index in [9.17, 15) is 19.8 Å². The first-order valence-electron chi connectivity index (χ1n) is 5.44. The molecule has 1 saturated carbocycles. The van der Waals surface area contributed by atoms with Crippen molar-refractivity contribution >= 4 is 22.6 Å². The van der Waals surface area contributed by atoms with Crippen molar-refractivity contribution < 1.29 is 10.2 Å². The van der Waals surface area contributed by atoms with Gasteiger partial charge >= 0.3 is 5.69 Å². The van der Waals surface area contributed by atoms with Crippen LogP contribution in [0.4, 0.5) is 0 Å². The highest BCUT2D eigenvalue weighted by Crippen LogP contribution is 2.37. The summed E-state index contributed by atoms with van der Waals surface area (Å²) < 4.78 is 1.74. The molecule has 98 valence electrons. The summed E-state index contributed by atoms with van der Waals surface area (Å²) in [6.07, 6.45) is 1.04. The highest BCUT2D eigenvalue weighted by Gasteiger charge is 2.37. The fourth-order valence-corrected chi connectivity index (χ4v) is 2.70. The summed E-state index contributed by atoms with van der Waals surface area (Å²) in [5, 5.41) is 19.0. The van der Waals surface area contributed by atoms with E-state index in [0.29, 0.717) is 15.6 Å². The monoisotopic (exact) mass is 364 g/mol. The van der Waals surface area contributed by atoms with E-state index in [-0.39, 0.29) is 6.61 Å². The minimum absolute atomic E-state index is 0.203. The zero-order valence-corrected chi connectivity index (χ0v) is 11.6. The van der Waals surface area contributed by atoms with Gasteiger partial charge in [-0.2, -0.15) is 0 Å². The average molecular weight is 364 g/mol. The molecule has 0 unspecified atom stereocenters. The third-order valence-electron chi connectivity index (χ3n) is 3.29. The molecule has 1 aliphatic carbocycles. The topological polar surface area (TPSA) is 95.3 Å². The lowest BCUT2D eigenvalue weighted by Crippen LogP contribution is -2.33. The van der Waals surface area contributed by atoms with Crippen LogP contribution >= 0.6 is 22.6 Å². The van der Waals surface area contributed by atoms with Crippen LogP contribution in [0.5, 0.6) is 0 Å². The molecule has 0 bridgehead atoms. The highest BCUT2D eigenvalue weighted by atomic mass is 127. The number of aromatic amines is 1. The van der Waals surface area contributed by atoms with E-state index in [1.165, 1.54) is 10.8 Å². The fraction of sp³-hybridized carbons (Fsp3) is 0.455. The van der Waals surface area contributed by atoms with Crippen LogP contribution in [0.1, 0.15) is 12.5 Å². The van der Waals surface area contributed by atoms with Gasteiger partial charge in [-0.05, 0) is 34.6 Å². The third-order valence-corrected chi connectivity index (χ3v) is 4.06. The molecule has 1 aromatic rings. The van der Waals surface area contributed by atoms with Crippen LogP contribution in [-0.4, -0.2) is 32.5 Å². The van der Waals surface area contributed by atoms with Crippen LogP contribution in [0, 0.1) is 9.49 Å². The maximum absolute atomic E-state index is 11.7. The van der Waals surface area contributed by atoms with E-state index in [1.54, 1.807) is 0 Å². The van der Waals surface area contributed by atoms with Gasteiger partial charge in [0.25, 0.3) is 5.56 Å². The Hall–Kier alpha value is -0.930. The fourth-order valence-electron chi connectivity index (χ4n) is 2.26. The van der Waals surface area contributed by atoms with E-state index in [1.807, 2.05) is 22.6 Å². The molecule has 18 heavy (non-hydrogen) atoms. The Labute approximate surface area is 116 Å². The van der Waals surface area contributed by atoms with Crippen molar-refractivity contribution in [3.05, 3.63) is 42.8 Å². The molecule has 0 aromatic carbocycles. The van der Waals surface area contributed by atoms with Gasteiger partial charge in [-0.25, -0.2) is 4.79 Å². The minimum atomic E-state index is -0.719. The molecule has 0 radical (unpaired) electrons. The summed E-state index contributed by atoms with van der Waals surface area (Å²) in [7, 11) is 0. The van der Waals surface area contributed by atoms with Crippen LogP contribution in [0.3, 0.4) is 0 Å². The quantitative estimate of drug-likeness (QED) is 0.492. The maximum atomic E-state index is 11.7. The van der Waals surface area contributed by atoms with E-state index < -0.39 is 29.3 Å². The molecular weight excluding hydrogens is 351 g/mol. The predicted octanol–water partition coefficient (Wildman–Crippen LogP) is -0.388. The SMILES string of the molecule is C=C1[C@H](CO)[C@@H](O)C[C@@H]1n1cc(I)c(=O)[nH]c1=O. The van der Waals surface area contributed by atoms with Crippen molar-refractivity contribution in [1.82, 2.24) is 9.55 Å². The first-order valence-corrected chi connectivity index (χ1v) is 6.52. The van der Waals surface area contributed by atoms with Gasteiger partial charge in [0.05, 0.1) is 22.3 Å². The van der Waals surface area contributed by atoms with Crippen LogP contribution in [0.15, 0.2) is 27.9 Å². The molecule has 1 aliphatic rings. The van der Waals surface area contributed by atoms with Crippen molar-refractivity contribution in [3.8, 4) is 0 Å². The Morgan fingerprint density at radius 1 is 1.56 bits per heavy atom. The molecule has 6 nitrogen and oxygen atoms in total. The molecule has 1 aromatic heterocycles. The van der Waals surface area contributed by atoms with Crippen molar-refractivity contribution in [1.29, 1.82) is 0 Å². The predicted molar refractivity (Wildman–Crippen MR) is 73.4 cm³/mol. The van der Waals surface area contributed by atoms with Crippen molar-refractivity contribution in [2.75, 3.05) is 6.61 Å². The normalized spacial score (nSPS) is 27.7. The number of aliphatic hydroxyl groups excluding tert-OH is 2. The third kappa shape index (κ3) is 2.17. The maximum Gasteiger partial charge on any atom is 0.328 e. The minimum Gasteiger partial charge on any atom is -0.396 e. The van der Waals surface area contributed by atoms with Gasteiger partial charge < -0.3 is 10.2 Å². The average Bonchev–Trinajstić information content (AvgIpc) is 2.59. The second-order valence-corrected chi connectivity index (χ2v) is 5.49. The molecule has 7 heteroatoms. The lowest BCUT2D eigenvalue weighted by molar-refractivity contribution is 0.101. The number of nitrogens with one attached hydrogen (secondary N) is 1. The van der Waals surface area contributed by atoms with Crippen LogP contribution in [0.2, 0.25) is 0 Å². The number of halogens is 1. The van der Waals surface area contributed by atoms with Gasteiger partial charge in [0.1, 0.15) is 0 Å². The molecule has 3 N–H and O–H groups in total. The lowest BCUT2D eigenvalue weighted by atomic mass is 10.0. The Morgan fingerprint density at radius 2 is 2.22 bits per heavy atom. The van der Waals surface area contributed by atoms with Gasteiger partial charge in [-0.15, -0.1) is 0 Å². The van der Waals surface area contributed by atoms with Gasteiger partial charge in [0.2, 0.25) is 0 Å². The first kappa shape index (κ1) is 13.5. The number of nitrogens with zero attached hydrogens (tertiary/aromatic N) is 1. The zero-order valence-electron chi connectivity index (χ0n) is 9.47. The zero-order chi connectivity index (χ0) is 13.4. The summed E-state index contributed by atoms with van der Waals surface area (Å²) in [5.41, 5.74) is -0.355. The molecule has 1 fully saturated rings. The van der Waals surface area contributed by atoms with E-state index in [4.69, 9.17) is 0 Å². The molecule has 0 aliphatic heterocycles. The summed E-state index contributed by atoms with van der Waals surface area (Å²) in [6, 6.07) is -0.394. The highest BCUT2D eigenvalue weighted by molar-refractivity contribution is 14.1.